The number of rotatable bonds is 5. The van der Waals surface area contributed by atoms with Gasteiger partial charge in [0.2, 0.25) is 5.91 Å². The fourth-order valence-corrected chi connectivity index (χ4v) is 5.59. The lowest BCUT2D eigenvalue weighted by Gasteiger charge is -2.12. The monoisotopic (exact) mass is 482 g/mol. The van der Waals surface area contributed by atoms with Crippen LogP contribution in [0.2, 0.25) is 0 Å². The number of aromatic amines is 1. The Balaban J connectivity index is 1.61. The van der Waals surface area contributed by atoms with E-state index in [4.69, 9.17) is 12.2 Å². The van der Waals surface area contributed by atoms with Gasteiger partial charge in [0.1, 0.15) is 4.70 Å². The number of aromatic nitrogens is 3. The minimum atomic E-state index is -0.258. The highest BCUT2D eigenvalue weighted by molar-refractivity contribution is 7.99. The summed E-state index contributed by atoms with van der Waals surface area (Å²) in [6, 6.07) is 11.9. The Bertz CT molecular complexity index is 1440. The van der Waals surface area contributed by atoms with E-state index in [9.17, 15) is 9.59 Å². The third kappa shape index (κ3) is 4.41. The van der Waals surface area contributed by atoms with Crippen LogP contribution < -0.4 is 10.9 Å². The van der Waals surface area contributed by atoms with Gasteiger partial charge in [-0.25, -0.2) is 4.98 Å². The largest absolute Gasteiger partial charge is 0.325 e. The summed E-state index contributed by atoms with van der Waals surface area (Å²) in [5.74, 6) is -0.0370. The van der Waals surface area contributed by atoms with Crippen molar-refractivity contribution in [3.8, 4) is 5.69 Å². The second kappa shape index (κ2) is 9.01. The smallest absolute Gasteiger partial charge is 0.271 e. The number of H-pyrrole nitrogens is 1. The second-order valence-corrected chi connectivity index (χ2v) is 10.2. The molecule has 0 atom stereocenters. The normalized spacial score (nSPS) is 11.1. The van der Waals surface area contributed by atoms with Gasteiger partial charge in [-0.2, -0.15) is 0 Å². The molecule has 2 heterocycles. The van der Waals surface area contributed by atoms with E-state index in [-0.39, 0.29) is 17.2 Å². The number of hydrogen-bond acceptors (Lipinski definition) is 6. The molecular formula is C23H22N4O2S3. The number of aryl methyl sites for hydroxylation is 4. The topological polar surface area (TPSA) is 79.8 Å². The molecule has 4 rings (SSSR count). The minimum Gasteiger partial charge on any atom is -0.325 e. The molecule has 0 aliphatic heterocycles. The lowest BCUT2D eigenvalue weighted by molar-refractivity contribution is -0.113. The zero-order valence-electron chi connectivity index (χ0n) is 18.1. The summed E-state index contributed by atoms with van der Waals surface area (Å²) in [7, 11) is 0. The molecule has 9 heteroatoms. The summed E-state index contributed by atoms with van der Waals surface area (Å²) in [6.45, 7) is 7.97. The van der Waals surface area contributed by atoms with E-state index >= 15 is 0 Å². The van der Waals surface area contributed by atoms with Crippen molar-refractivity contribution in [2.24, 2.45) is 0 Å². The van der Waals surface area contributed by atoms with Gasteiger partial charge in [-0.05, 0) is 62.7 Å². The number of nitrogens with zero attached hydrogens (tertiary/aromatic N) is 2. The molecule has 0 aliphatic carbocycles. The number of carbonyl (C=O) groups excluding carboxylic acids is 1. The first-order valence-electron chi connectivity index (χ1n) is 9.97. The van der Waals surface area contributed by atoms with Crippen LogP contribution in [0.15, 0.2) is 46.3 Å². The van der Waals surface area contributed by atoms with Crippen LogP contribution in [-0.2, 0) is 4.79 Å². The van der Waals surface area contributed by atoms with Crippen molar-refractivity contribution in [1.82, 2.24) is 14.5 Å². The number of anilines is 1. The van der Waals surface area contributed by atoms with E-state index in [1.54, 1.807) is 0 Å². The zero-order valence-corrected chi connectivity index (χ0v) is 20.6. The van der Waals surface area contributed by atoms with Crippen molar-refractivity contribution >= 4 is 57.3 Å². The first-order valence-corrected chi connectivity index (χ1v) is 12.2. The van der Waals surface area contributed by atoms with Crippen LogP contribution in [0.5, 0.6) is 0 Å². The molecule has 164 valence electrons. The molecule has 4 aromatic rings. The summed E-state index contributed by atoms with van der Waals surface area (Å²) in [4.78, 5) is 32.7. The van der Waals surface area contributed by atoms with Gasteiger partial charge in [-0.3, -0.25) is 14.2 Å². The Morgan fingerprint density at radius 2 is 1.84 bits per heavy atom. The summed E-state index contributed by atoms with van der Waals surface area (Å²) in [5, 5.41) is 3.36. The third-order valence-corrected chi connectivity index (χ3v) is 7.29. The van der Waals surface area contributed by atoms with Crippen LogP contribution in [0, 0.1) is 31.6 Å². The molecule has 0 saturated heterocycles. The van der Waals surface area contributed by atoms with Crippen LogP contribution >= 0.6 is 35.3 Å². The molecular weight excluding hydrogens is 460 g/mol. The van der Waals surface area contributed by atoms with Gasteiger partial charge in [0.25, 0.3) is 5.56 Å². The number of benzene rings is 2. The molecule has 0 saturated carbocycles. The van der Waals surface area contributed by atoms with Crippen molar-refractivity contribution in [2.45, 2.75) is 32.9 Å². The Morgan fingerprint density at radius 1 is 1.16 bits per heavy atom. The Morgan fingerprint density at radius 3 is 2.53 bits per heavy atom. The van der Waals surface area contributed by atoms with E-state index in [0.29, 0.717) is 19.5 Å². The van der Waals surface area contributed by atoms with Crippen LogP contribution in [-0.4, -0.2) is 26.2 Å². The average Bonchev–Trinajstić information content (AvgIpc) is 3.06. The van der Waals surface area contributed by atoms with Gasteiger partial charge in [-0.15, -0.1) is 0 Å². The Labute approximate surface area is 198 Å². The van der Waals surface area contributed by atoms with E-state index in [1.165, 1.54) is 23.1 Å². The third-order valence-electron chi connectivity index (χ3n) is 5.06. The van der Waals surface area contributed by atoms with Gasteiger partial charge in [-0.1, -0.05) is 59.0 Å². The first-order chi connectivity index (χ1) is 15.2. The maximum absolute atomic E-state index is 12.7. The molecule has 2 aromatic heterocycles. The van der Waals surface area contributed by atoms with Crippen molar-refractivity contribution in [3.05, 3.63) is 73.0 Å². The zero-order chi connectivity index (χ0) is 23.0. The molecule has 2 aromatic carbocycles. The van der Waals surface area contributed by atoms with E-state index in [0.717, 1.165) is 33.6 Å². The fraction of sp³-hybridized carbons (Fsp3) is 0.217. The molecule has 0 bridgehead atoms. The highest BCUT2D eigenvalue weighted by atomic mass is 32.2. The second-order valence-electron chi connectivity index (χ2n) is 7.62. The average molecular weight is 483 g/mol. The fourth-order valence-electron chi connectivity index (χ4n) is 3.68. The van der Waals surface area contributed by atoms with E-state index in [1.807, 2.05) is 68.7 Å². The quantitative estimate of drug-likeness (QED) is 0.224. The summed E-state index contributed by atoms with van der Waals surface area (Å²) in [5.41, 5.74) is 6.18. The van der Waals surface area contributed by atoms with Gasteiger partial charge >= 0.3 is 0 Å². The molecule has 0 fully saturated rings. The number of nitrogens with one attached hydrogen (secondary N) is 2. The number of thiazole rings is 1. The maximum Gasteiger partial charge on any atom is 0.271 e. The highest BCUT2D eigenvalue weighted by Gasteiger charge is 2.16. The van der Waals surface area contributed by atoms with E-state index < -0.39 is 0 Å². The molecule has 0 unspecified atom stereocenters. The number of fused-ring (bicyclic) bond motifs is 1. The van der Waals surface area contributed by atoms with Gasteiger partial charge < -0.3 is 10.3 Å². The number of para-hydroxylation sites is 1. The van der Waals surface area contributed by atoms with E-state index in [2.05, 4.69) is 15.3 Å². The first kappa shape index (κ1) is 22.4. The summed E-state index contributed by atoms with van der Waals surface area (Å²) < 4.78 is 2.85. The Hall–Kier alpha value is -2.75. The molecule has 0 radical (unpaired) electrons. The Kier molecular flexibility index (Phi) is 6.32. The van der Waals surface area contributed by atoms with Crippen LogP contribution in [0.3, 0.4) is 0 Å². The number of thioether (sulfide) groups is 1. The lowest BCUT2D eigenvalue weighted by Crippen LogP contribution is -2.17. The van der Waals surface area contributed by atoms with Crippen LogP contribution in [0.1, 0.15) is 22.3 Å². The summed E-state index contributed by atoms with van der Waals surface area (Å²) in [6.07, 6.45) is 0. The van der Waals surface area contributed by atoms with Gasteiger partial charge in [0.05, 0.1) is 11.4 Å². The van der Waals surface area contributed by atoms with Gasteiger partial charge in [0, 0.05) is 5.69 Å². The molecule has 0 aliphatic rings. The summed E-state index contributed by atoms with van der Waals surface area (Å²) >= 11 is 7.95. The molecule has 6 nitrogen and oxygen atoms in total. The number of carbonyl (C=O) groups is 1. The lowest BCUT2D eigenvalue weighted by atomic mass is 10.1. The van der Waals surface area contributed by atoms with Crippen LogP contribution in [0.25, 0.3) is 16.0 Å². The van der Waals surface area contributed by atoms with Crippen molar-refractivity contribution < 1.29 is 4.79 Å². The number of amides is 1. The molecule has 0 spiro atoms. The molecule has 1 amide bonds. The van der Waals surface area contributed by atoms with Gasteiger partial charge in [0.15, 0.2) is 14.8 Å². The van der Waals surface area contributed by atoms with Crippen LogP contribution in [0.4, 0.5) is 5.69 Å². The maximum atomic E-state index is 12.7. The minimum absolute atomic E-state index is 0.121. The van der Waals surface area contributed by atoms with Crippen molar-refractivity contribution in [1.29, 1.82) is 0 Å². The number of hydrogen-bond donors (Lipinski definition) is 2. The SMILES string of the molecule is Cc1cc(C)c(NC(=O)CSc2nc3c(sc(=S)n3-c3ccccc3C)c(=O)[nH]2)c(C)c1. The molecule has 32 heavy (non-hydrogen) atoms. The predicted molar refractivity (Wildman–Crippen MR) is 135 cm³/mol. The molecule has 2 N–H and O–H groups in total. The van der Waals surface area contributed by atoms with Crippen molar-refractivity contribution in [3.63, 3.8) is 0 Å². The predicted octanol–water partition coefficient (Wildman–Crippen LogP) is 5.47. The highest BCUT2D eigenvalue weighted by Crippen LogP contribution is 2.27. The van der Waals surface area contributed by atoms with Crippen molar-refractivity contribution in [2.75, 3.05) is 11.1 Å². The standard InChI is InChI=1S/C23H22N4O2S3/c1-12-9-14(3)18(15(4)10-12)24-17(28)11-31-22-25-20-19(21(29)26-22)32-23(30)27(20)16-8-6-5-7-13(16)2/h5-10H,11H2,1-4H3,(H,24,28)(H,25,26,29).